The molecule has 1 aromatic heterocycles. The van der Waals surface area contributed by atoms with Gasteiger partial charge in [-0.25, -0.2) is 9.36 Å². The van der Waals surface area contributed by atoms with E-state index >= 15 is 0 Å². The summed E-state index contributed by atoms with van der Waals surface area (Å²) in [4.78, 5) is 37.5. The summed E-state index contributed by atoms with van der Waals surface area (Å²) in [5.74, 6) is -1.21. The number of anilines is 1. The highest BCUT2D eigenvalue weighted by atomic mass is 32.1. The number of nitrogens with zero attached hydrogens (tertiary/aromatic N) is 1. The minimum Gasteiger partial charge on any atom is -0.464 e. The van der Waals surface area contributed by atoms with Crippen LogP contribution >= 0.6 is 12.2 Å². The van der Waals surface area contributed by atoms with Crippen molar-refractivity contribution in [1.82, 2.24) is 15.2 Å². The van der Waals surface area contributed by atoms with Crippen molar-refractivity contribution in [3.8, 4) is 0 Å². The number of carboxylic acid groups (broad SMARTS) is 1. The van der Waals surface area contributed by atoms with Gasteiger partial charge in [0.2, 0.25) is 11.8 Å². The number of aromatic nitrogens is 1. The summed E-state index contributed by atoms with van der Waals surface area (Å²) in [5.41, 5.74) is 7.56. The Bertz CT molecular complexity index is 1300. The highest BCUT2D eigenvalue weighted by Crippen LogP contribution is 2.35. The van der Waals surface area contributed by atoms with Gasteiger partial charge in [0, 0.05) is 28.6 Å². The van der Waals surface area contributed by atoms with Crippen LogP contribution in [-0.2, 0) is 21.4 Å². The molecule has 0 radical (unpaired) electrons. The Morgan fingerprint density at radius 2 is 1.64 bits per heavy atom. The van der Waals surface area contributed by atoms with E-state index in [2.05, 4.69) is 16.0 Å². The van der Waals surface area contributed by atoms with Gasteiger partial charge in [0.15, 0.2) is 5.11 Å². The molecule has 0 saturated carbocycles. The first kappa shape index (κ1) is 26.7. The van der Waals surface area contributed by atoms with Crippen LogP contribution in [0.25, 0.3) is 10.9 Å². The molecule has 190 valence electrons. The number of primary amides is 1. The number of thiocarbonyl (C=S) groups is 1. The fourth-order valence-electron chi connectivity index (χ4n) is 4.17. The Hall–Kier alpha value is -3.92. The van der Waals surface area contributed by atoms with Crippen LogP contribution in [0.4, 0.5) is 10.5 Å². The van der Waals surface area contributed by atoms with Gasteiger partial charge in [-0.2, -0.15) is 0 Å². The average Bonchev–Trinajstić information content (AvgIpc) is 3.14. The molecule has 0 aliphatic rings. The smallest absolute Gasteiger partial charge is 0.416 e. The number of carbonyl (C=O) groups is 3. The first-order valence-corrected chi connectivity index (χ1v) is 11.9. The molecule has 10 heteroatoms. The molecular weight excluding hydrogens is 478 g/mol. The molecule has 0 aliphatic carbocycles. The molecular formula is C26H31N5O4S. The van der Waals surface area contributed by atoms with Gasteiger partial charge in [-0.3, -0.25) is 9.59 Å². The highest BCUT2D eigenvalue weighted by molar-refractivity contribution is 7.80. The van der Waals surface area contributed by atoms with Gasteiger partial charge in [-0.05, 0) is 42.9 Å². The Kier molecular flexibility index (Phi) is 7.99. The number of amides is 2. The minimum atomic E-state index is -1.13. The number of hydrogen-bond donors (Lipinski definition) is 5. The van der Waals surface area contributed by atoms with E-state index in [4.69, 9.17) is 18.0 Å². The zero-order chi connectivity index (χ0) is 26.6. The second-order valence-electron chi connectivity index (χ2n) is 9.57. The lowest BCUT2D eigenvalue weighted by Gasteiger charge is -2.25. The molecule has 0 spiro atoms. The minimum absolute atomic E-state index is 0.0356. The summed E-state index contributed by atoms with van der Waals surface area (Å²) in [6, 6.07) is 14.5. The summed E-state index contributed by atoms with van der Waals surface area (Å²) in [5, 5.41) is 19.5. The third-order valence-corrected chi connectivity index (χ3v) is 5.94. The standard InChI is InChI=1S/C26H31N5O4S/c1-15(28-24(36)29-16-10-6-5-7-11-16)23(33)30-19(22(27)32)14-18-17-12-8-9-13-20(17)31(25(34)35)21(18)26(2,3)4/h5-13,15,19H,14H2,1-4H3,(H2,27,32)(H,30,33)(H,34,35)(H2,28,29,36)/t15-,19-/m0/s1. The van der Waals surface area contributed by atoms with Gasteiger partial charge in [-0.1, -0.05) is 57.2 Å². The summed E-state index contributed by atoms with van der Waals surface area (Å²) >= 11 is 5.29. The van der Waals surface area contributed by atoms with E-state index in [1.807, 2.05) is 51.1 Å². The summed E-state index contributed by atoms with van der Waals surface area (Å²) < 4.78 is 1.24. The molecule has 0 bridgehead atoms. The van der Waals surface area contributed by atoms with Crippen LogP contribution in [0.2, 0.25) is 0 Å². The summed E-state index contributed by atoms with van der Waals surface area (Å²) in [6.07, 6.45) is -1.09. The fraction of sp³-hybridized carbons (Fsp3) is 0.308. The van der Waals surface area contributed by atoms with Crippen molar-refractivity contribution >= 4 is 51.8 Å². The molecule has 6 N–H and O–H groups in total. The van der Waals surface area contributed by atoms with Crippen molar-refractivity contribution in [3.63, 3.8) is 0 Å². The van der Waals surface area contributed by atoms with E-state index in [9.17, 15) is 19.5 Å². The molecule has 0 aliphatic heterocycles. The monoisotopic (exact) mass is 509 g/mol. The lowest BCUT2D eigenvalue weighted by molar-refractivity contribution is -0.128. The van der Waals surface area contributed by atoms with Crippen molar-refractivity contribution in [2.24, 2.45) is 5.73 Å². The number of para-hydroxylation sites is 2. The predicted molar refractivity (Wildman–Crippen MR) is 144 cm³/mol. The quantitative estimate of drug-likeness (QED) is 0.308. The fourth-order valence-corrected chi connectivity index (χ4v) is 4.47. The first-order chi connectivity index (χ1) is 16.9. The number of nitrogens with one attached hydrogen (secondary N) is 3. The number of hydrogen-bond acceptors (Lipinski definition) is 4. The number of rotatable bonds is 7. The van der Waals surface area contributed by atoms with Gasteiger partial charge < -0.3 is 26.8 Å². The lowest BCUT2D eigenvalue weighted by atomic mass is 9.86. The number of nitrogens with two attached hydrogens (primary N) is 1. The zero-order valence-electron chi connectivity index (χ0n) is 20.7. The maximum absolute atomic E-state index is 12.9. The Morgan fingerprint density at radius 3 is 2.22 bits per heavy atom. The summed E-state index contributed by atoms with van der Waals surface area (Å²) in [6.45, 7) is 7.31. The molecule has 3 aromatic rings. The predicted octanol–water partition coefficient (Wildman–Crippen LogP) is 3.35. The van der Waals surface area contributed by atoms with Crippen LogP contribution in [0.3, 0.4) is 0 Å². The number of carbonyl (C=O) groups excluding carboxylic acids is 2. The van der Waals surface area contributed by atoms with E-state index < -0.39 is 35.4 Å². The first-order valence-electron chi connectivity index (χ1n) is 11.5. The van der Waals surface area contributed by atoms with Crippen LogP contribution in [0.15, 0.2) is 54.6 Å². The molecule has 36 heavy (non-hydrogen) atoms. The molecule has 2 amide bonds. The Labute approximate surface area is 215 Å². The molecule has 3 rings (SSSR count). The second-order valence-corrected chi connectivity index (χ2v) is 9.97. The van der Waals surface area contributed by atoms with Gasteiger partial charge >= 0.3 is 6.09 Å². The third-order valence-electron chi connectivity index (χ3n) is 5.72. The van der Waals surface area contributed by atoms with E-state index in [0.717, 1.165) is 5.69 Å². The largest absolute Gasteiger partial charge is 0.464 e. The number of benzene rings is 2. The topological polar surface area (TPSA) is 138 Å². The van der Waals surface area contributed by atoms with Gasteiger partial charge in [-0.15, -0.1) is 0 Å². The van der Waals surface area contributed by atoms with Crippen molar-refractivity contribution in [3.05, 3.63) is 65.9 Å². The van der Waals surface area contributed by atoms with E-state index in [1.165, 1.54) is 4.57 Å². The molecule has 0 fully saturated rings. The van der Waals surface area contributed by atoms with Crippen molar-refractivity contribution in [1.29, 1.82) is 0 Å². The highest BCUT2D eigenvalue weighted by Gasteiger charge is 2.32. The molecule has 2 atom stereocenters. The van der Waals surface area contributed by atoms with Crippen LogP contribution in [0.1, 0.15) is 39.0 Å². The summed E-state index contributed by atoms with van der Waals surface area (Å²) in [7, 11) is 0. The van der Waals surface area contributed by atoms with Crippen LogP contribution in [0, 0.1) is 0 Å². The maximum Gasteiger partial charge on any atom is 0.416 e. The molecule has 0 saturated heterocycles. The average molecular weight is 510 g/mol. The normalized spacial score (nSPS) is 13.0. The van der Waals surface area contributed by atoms with Crippen LogP contribution in [-0.4, -0.2) is 44.8 Å². The van der Waals surface area contributed by atoms with Crippen LogP contribution in [0.5, 0.6) is 0 Å². The third kappa shape index (κ3) is 6.01. The molecule has 2 aromatic carbocycles. The SMILES string of the molecule is C[C@H](NC(=S)Nc1ccccc1)C(=O)N[C@@H](Cc1c(C(C)(C)C)n(C(=O)O)c2ccccc12)C(N)=O. The van der Waals surface area contributed by atoms with E-state index in [0.29, 0.717) is 22.2 Å². The molecule has 9 nitrogen and oxygen atoms in total. The Morgan fingerprint density at radius 1 is 1.03 bits per heavy atom. The second kappa shape index (κ2) is 10.8. The van der Waals surface area contributed by atoms with Crippen molar-refractivity contribution < 1.29 is 19.5 Å². The van der Waals surface area contributed by atoms with E-state index in [1.54, 1.807) is 31.2 Å². The van der Waals surface area contributed by atoms with Crippen molar-refractivity contribution in [2.75, 3.05) is 5.32 Å². The van der Waals surface area contributed by atoms with Crippen molar-refractivity contribution in [2.45, 2.75) is 51.6 Å². The van der Waals surface area contributed by atoms with Crippen LogP contribution < -0.4 is 21.7 Å². The van der Waals surface area contributed by atoms with E-state index in [-0.39, 0.29) is 11.5 Å². The Balaban J connectivity index is 1.84. The maximum atomic E-state index is 12.9. The van der Waals surface area contributed by atoms with Gasteiger partial charge in [0.1, 0.15) is 12.1 Å². The lowest BCUT2D eigenvalue weighted by Crippen LogP contribution is -2.53. The number of fused-ring (bicyclic) bond motifs is 1. The van der Waals surface area contributed by atoms with Gasteiger partial charge in [0.05, 0.1) is 5.52 Å². The molecule has 0 unspecified atom stereocenters. The molecule has 1 heterocycles. The zero-order valence-corrected chi connectivity index (χ0v) is 21.5. The van der Waals surface area contributed by atoms with Gasteiger partial charge in [0.25, 0.3) is 0 Å².